The molecule has 0 unspecified atom stereocenters. The van der Waals surface area contributed by atoms with E-state index in [4.69, 9.17) is 9.47 Å². The van der Waals surface area contributed by atoms with Crippen molar-refractivity contribution in [3.8, 4) is 5.75 Å². The van der Waals surface area contributed by atoms with E-state index >= 15 is 0 Å². The van der Waals surface area contributed by atoms with E-state index in [1.165, 1.54) is 12.1 Å². The quantitative estimate of drug-likeness (QED) is 0.230. The Hall–Kier alpha value is -2.29. The zero-order valence-electron chi connectivity index (χ0n) is 15.7. The number of carbonyl (C=O) groups is 1. The molecule has 31 heavy (non-hydrogen) atoms. The van der Waals surface area contributed by atoms with Crippen LogP contribution in [0.15, 0.2) is 84.8 Å². The third-order valence-electron chi connectivity index (χ3n) is 4.35. The van der Waals surface area contributed by atoms with Crippen molar-refractivity contribution in [1.29, 1.82) is 0 Å². The van der Waals surface area contributed by atoms with E-state index in [1.54, 1.807) is 30.3 Å². The van der Waals surface area contributed by atoms with Crippen LogP contribution in [0.4, 0.5) is 4.39 Å². The van der Waals surface area contributed by atoms with Gasteiger partial charge in [-0.15, -0.1) is 0 Å². The Kier molecular flexibility index (Phi) is 6.69. The van der Waals surface area contributed by atoms with Gasteiger partial charge in [-0.25, -0.2) is 14.2 Å². The number of cyclic esters (lactones) is 1. The van der Waals surface area contributed by atoms with Crippen molar-refractivity contribution < 1.29 is 18.7 Å². The summed E-state index contributed by atoms with van der Waals surface area (Å²) in [6.07, 6.45) is 1.57. The molecule has 156 valence electrons. The van der Waals surface area contributed by atoms with Crippen molar-refractivity contribution in [3.63, 3.8) is 0 Å². The maximum atomic E-state index is 14.0. The predicted molar refractivity (Wildman–Crippen MR) is 127 cm³/mol. The van der Waals surface area contributed by atoms with E-state index in [-0.39, 0.29) is 17.2 Å². The molecule has 0 amide bonds. The average Bonchev–Trinajstić information content (AvgIpc) is 3.09. The Morgan fingerprint density at radius 1 is 1.00 bits per heavy atom. The van der Waals surface area contributed by atoms with Crippen molar-refractivity contribution in [2.45, 2.75) is 6.61 Å². The maximum Gasteiger partial charge on any atom is 0.363 e. The first-order chi connectivity index (χ1) is 14.9. The molecule has 4 rings (SSSR count). The number of esters is 1. The molecule has 0 aliphatic carbocycles. The monoisotopic (exact) mass is 607 g/mol. The third-order valence-corrected chi connectivity index (χ3v) is 6.05. The molecule has 0 atom stereocenters. The molecule has 0 saturated heterocycles. The van der Waals surface area contributed by atoms with Gasteiger partial charge >= 0.3 is 5.97 Å². The molecule has 1 aliphatic heterocycles. The summed E-state index contributed by atoms with van der Waals surface area (Å²) in [5, 5.41) is 0. The molecule has 0 saturated carbocycles. The average molecular weight is 610 g/mol. The van der Waals surface area contributed by atoms with E-state index in [0.717, 1.165) is 10.0 Å². The zero-order valence-corrected chi connectivity index (χ0v) is 20.5. The van der Waals surface area contributed by atoms with E-state index in [2.05, 4.69) is 52.8 Å². The second kappa shape index (κ2) is 9.46. The molecule has 0 bridgehead atoms. The molecule has 3 aromatic rings. The standard InChI is InChI=1S/C23H13Br3FNO3/c24-15-7-5-13(6-8-15)12-30-21-17(25)9-14(10-18(21)26)11-20-23(29)31-22(28-20)16-3-1-2-4-19(16)27/h1-11H,12H2/b20-11-. The largest absolute Gasteiger partial charge is 0.487 e. The zero-order chi connectivity index (χ0) is 22.0. The third kappa shape index (κ3) is 5.14. The van der Waals surface area contributed by atoms with Gasteiger partial charge in [0.05, 0.1) is 14.5 Å². The lowest BCUT2D eigenvalue weighted by Gasteiger charge is -2.11. The molecule has 0 radical (unpaired) electrons. The summed E-state index contributed by atoms with van der Waals surface area (Å²) in [6, 6.07) is 17.5. The number of aliphatic imine (C=N–C) groups is 1. The lowest BCUT2D eigenvalue weighted by Crippen LogP contribution is -2.07. The minimum absolute atomic E-state index is 0.0538. The summed E-state index contributed by atoms with van der Waals surface area (Å²) < 4.78 is 27.5. The fourth-order valence-corrected chi connectivity index (χ4v) is 4.57. The second-order valence-corrected chi connectivity index (χ2v) is 9.17. The van der Waals surface area contributed by atoms with E-state index < -0.39 is 11.8 Å². The number of hydrogen-bond acceptors (Lipinski definition) is 4. The van der Waals surface area contributed by atoms with E-state index in [9.17, 15) is 9.18 Å². The minimum Gasteiger partial charge on any atom is -0.487 e. The second-order valence-electron chi connectivity index (χ2n) is 6.54. The number of halogens is 4. The molecule has 0 spiro atoms. The first-order valence-corrected chi connectivity index (χ1v) is 11.4. The molecule has 8 heteroatoms. The molecule has 4 nitrogen and oxygen atoms in total. The Bertz CT molecular complexity index is 1200. The Balaban J connectivity index is 1.56. The topological polar surface area (TPSA) is 47.9 Å². The van der Waals surface area contributed by atoms with Gasteiger partial charge in [-0.1, -0.05) is 40.2 Å². The van der Waals surface area contributed by atoms with Crippen molar-refractivity contribution in [2.75, 3.05) is 0 Å². The Morgan fingerprint density at radius 2 is 1.68 bits per heavy atom. The normalized spacial score (nSPS) is 14.5. The van der Waals surface area contributed by atoms with Crippen LogP contribution in [-0.2, 0) is 16.1 Å². The molecule has 0 aromatic heterocycles. The number of benzene rings is 3. The highest BCUT2D eigenvalue weighted by Gasteiger charge is 2.26. The molecular weight excluding hydrogens is 597 g/mol. The number of ether oxygens (including phenoxy) is 2. The highest BCUT2D eigenvalue weighted by atomic mass is 79.9. The van der Waals surface area contributed by atoms with Crippen LogP contribution in [0.5, 0.6) is 5.75 Å². The molecule has 0 N–H and O–H groups in total. The lowest BCUT2D eigenvalue weighted by molar-refractivity contribution is -0.129. The summed E-state index contributed by atoms with van der Waals surface area (Å²) in [4.78, 5) is 16.4. The van der Waals surface area contributed by atoms with Crippen LogP contribution >= 0.6 is 47.8 Å². The summed E-state index contributed by atoms with van der Waals surface area (Å²) in [5.74, 6) is -0.564. The predicted octanol–water partition coefficient (Wildman–Crippen LogP) is 7.04. The first kappa shape index (κ1) is 21.9. The van der Waals surface area contributed by atoms with Gasteiger partial charge < -0.3 is 9.47 Å². The Morgan fingerprint density at radius 3 is 2.35 bits per heavy atom. The summed E-state index contributed by atoms with van der Waals surface area (Å²) in [7, 11) is 0. The van der Waals surface area contributed by atoms with E-state index in [1.807, 2.05) is 24.3 Å². The van der Waals surface area contributed by atoms with Gasteiger partial charge in [-0.05, 0) is 85.5 Å². The first-order valence-electron chi connectivity index (χ1n) is 9.04. The highest BCUT2D eigenvalue weighted by molar-refractivity contribution is 9.11. The summed E-state index contributed by atoms with van der Waals surface area (Å²) >= 11 is 10.4. The van der Waals surface area contributed by atoms with Gasteiger partial charge in [0.15, 0.2) is 5.70 Å². The fourth-order valence-electron chi connectivity index (χ4n) is 2.85. The highest BCUT2D eigenvalue weighted by Crippen LogP contribution is 2.36. The van der Waals surface area contributed by atoms with Crippen LogP contribution in [-0.4, -0.2) is 11.9 Å². The van der Waals surface area contributed by atoms with E-state index in [0.29, 0.717) is 26.9 Å². The number of rotatable bonds is 5. The lowest BCUT2D eigenvalue weighted by atomic mass is 10.2. The van der Waals surface area contributed by atoms with Gasteiger partial charge in [0.25, 0.3) is 0 Å². The van der Waals surface area contributed by atoms with Crippen LogP contribution in [0.2, 0.25) is 0 Å². The van der Waals surface area contributed by atoms with Crippen LogP contribution in [0.3, 0.4) is 0 Å². The summed E-state index contributed by atoms with van der Waals surface area (Å²) in [6.45, 7) is 0.396. The number of hydrogen-bond donors (Lipinski definition) is 0. The molecule has 0 fully saturated rings. The number of carbonyl (C=O) groups excluding carboxylic acids is 1. The van der Waals surface area contributed by atoms with Gasteiger partial charge in [0, 0.05) is 4.47 Å². The molecular formula is C23H13Br3FNO3. The Labute approximate surface area is 203 Å². The summed E-state index contributed by atoms with van der Waals surface area (Å²) in [5.41, 5.74) is 1.94. The van der Waals surface area contributed by atoms with Gasteiger partial charge in [0.1, 0.15) is 18.2 Å². The molecule has 1 heterocycles. The number of nitrogens with zero attached hydrogens (tertiary/aromatic N) is 1. The molecule has 1 aliphatic rings. The smallest absolute Gasteiger partial charge is 0.363 e. The van der Waals surface area contributed by atoms with Crippen LogP contribution in [0, 0.1) is 5.82 Å². The molecule has 3 aromatic carbocycles. The van der Waals surface area contributed by atoms with Gasteiger partial charge in [-0.3, -0.25) is 0 Å². The van der Waals surface area contributed by atoms with Gasteiger partial charge in [-0.2, -0.15) is 0 Å². The SMILES string of the molecule is O=C1OC(c2ccccc2F)=N/C1=C\c1cc(Br)c(OCc2ccc(Br)cc2)c(Br)c1. The van der Waals surface area contributed by atoms with Crippen LogP contribution in [0.25, 0.3) is 6.08 Å². The van der Waals surface area contributed by atoms with Crippen molar-refractivity contribution in [2.24, 2.45) is 4.99 Å². The van der Waals surface area contributed by atoms with Crippen molar-refractivity contribution in [1.82, 2.24) is 0 Å². The van der Waals surface area contributed by atoms with Gasteiger partial charge in [0.2, 0.25) is 5.90 Å². The van der Waals surface area contributed by atoms with Crippen LogP contribution < -0.4 is 4.74 Å². The van der Waals surface area contributed by atoms with Crippen molar-refractivity contribution in [3.05, 3.63) is 102 Å². The fraction of sp³-hybridized carbons (Fsp3) is 0.0435. The minimum atomic E-state index is -0.638. The van der Waals surface area contributed by atoms with Crippen LogP contribution in [0.1, 0.15) is 16.7 Å². The van der Waals surface area contributed by atoms with Crippen molar-refractivity contribution >= 4 is 65.7 Å². The maximum absolute atomic E-state index is 14.0.